The van der Waals surface area contributed by atoms with Gasteiger partial charge in [0.05, 0.1) is 6.61 Å². The molecule has 4 nitrogen and oxygen atoms in total. The Bertz CT molecular complexity index is 824. The van der Waals surface area contributed by atoms with Gasteiger partial charge < -0.3 is 19.1 Å². The predicted molar refractivity (Wildman–Crippen MR) is 108 cm³/mol. The summed E-state index contributed by atoms with van der Waals surface area (Å²) in [6, 6.07) is 14.4. The molecule has 0 radical (unpaired) electrons. The maximum absolute atomic E-state index is 12.3. The van der Waals surface area contributed by atoms with Crippen LogP contribution < -0.4 is 14.4 Å². The molecule has 0 spiro atoms. The molecular formula is C23H26F3NO3. The summed E-state index contributed by atoms with van der Waals surface area (Å²) >= 11 is 0. The summed E-state index contributed by atoms with van der Waals surface area (Å²) in [5, 5.41) is 0. The van der Waals surface area contributed by atoms with Crippen LogP contribution in [0.3, 0.4) is 0 Å². The highest BCUT2D eigenvalue weighted by molar-refractivity contribution is 5.49. The number of hydrogen-bond donors (Lipinski definition) is 0. The number of benzene rings is 2. The third kappa shape index (κ3) is 5.81. The van der Waals surface area contributed by atoms with Crippen molar-refractivity contribution in [2.45, 2.75) is 38.1 Å². The zero-order valence-electron chi connectivity index (χ0n) is 17.0. The molecule has 30 heavy (non-hydrogen) atoms. The first-order valence-electron chi connectivity index (χ1n) is 10.2. The average Bonchev–Trinajstić information content (AvgIpc) is 3.46. The Morgan fingerprint density at radius 3 is 2.17 bits per heavy atom. The summed E-state index contributed by atoms with van der Waals surface area (Å²) in [5.74, 6) is 1.20. The van der Waals surface area contributed by atoms with Crippen LogP contribution >= 0.6 is 0 Å². The smallest absolute Gasteiger partial charge is 0.491 e. The minimum absolute atomic E-state index is 0.119. The zero-order valence-corrected chi connectivity index (χ0v) is 17.0. The van der Waals surface area contributed by atoms with E-state index in [0.29, 0.717) is 12.5 Å². The van der Waals surface area contributed by atoms with Crippen molar-refractivity contribution in [3.05, 3.63) is 54.1 Å². The molecule has 0 N–H and O–H groups in total. The van der Waals surface area contributed by atoms with Crippen molar-refractivity contribution in [1.29, 1.82) is 0 Å². The van der Waals surface area contributed by atoms with Crippen LogP contribution in [0.4, 0.5) is 18.9 Å². The molecule has 0 aliphatic carbocycles. The third-order valence-corrected chi connectivity index (χ3v) is 5.68. The average molecular weight is 421 g/mol. The number of hydrogen-bond acceptors (Lipinski definition) is 4. The fourth-order valence-corrected chi connectivity index (χ4v) is 3.75. The zero-order chi connectivity index (χ0) is 21.2. The highest BCUT2D eigenvalue weighted by Gasteiger charge is 2.40. The molecule has 0 unspecified atom stereocenters. The third-order valence-electron chi connectivity index (χ3n) is 5.68. The van der Waals surface area contributed by atoms with Crippen LogP contribution in [0, 0.1) is 5.92 Å². The highest BCUT2D eigenvalue weighted by atomic mass is 19.4. The first-order chi connectivity index (χ1) is 14.3. The van der Waals surface area contributed by atoms with Gasteiger partial charge in [-0.1, -0.05) is 12.1 Å². The van der Waals surface area contributed by atoms with Gasteiger partial charge in [-0.05, 0) is 74.1 Å². The van der Waals surface area contributed by atoms with Gasteiger partial charge in [0.1, 0.15) is 23.7 Å². The summed E-state index contributed by atoms with van der Waals surface area (Å²) in [6.07, 6.45) is -1.68. The van der Waals surface area contributed by atoms with E-state index in [1.165, 1.54) is 17.8 Å². The van der Waals surface area contributed by atoms with Crippen LogP contribution in [0.1, 0.15) is 25.3 Å². The molecule has 2 aromatic rings. The van der Waals surface area contributed by atoms with Gasteiger partial charge in [-0.25, -0.2) is 0 Å². The van der Waals surface area contributed by atoms with Crippen molar-refractivity contribution >= 4 is 5.69 Å². The van der Waals surface area contributed by atoms with Crippen molar-refractivity contribution in [2.75, 3.05) is 31.2 Å². The van der Waals surface area contributed by atoms with Crippen molar-refractivity contribution in [1.82, 2.24) is 0 Å². The molecule has 2 saturated heterocycles. The van der Waals surface area contributed by atoms with Crippen LogP contribution in [-0.4, -0.2) is 38.3 Å². The Labute approximate surface area is 174 Å². The van der Waals surface area contributed by atoms with E-state index in [1.54, 1.807) is 12.1 Å². The number of ether oxygens (including phenoxy) is 3. The molecule has 162 valence electrons. The Kier molecular flexibility index (Phi) is 5.82. The number of epoxide rings is 1. The molecule has 1 atom stereocenters. The van der Waals surface area contributed by atoms with Gasteiger partial charge in [0, 0.05) is 18.8 Å². The summed E-state index contributed by atoms with van der Waals surface area (Å²) in [4.78, 5) is 2.37. The van der Waals surface area contributed by atoms with Crippen molar-refractivity contribution in [3.8, 4) is 11.5 Å². The number of halogens is 3. The molecular weight excluding hydrogens is 395 g/mol. The van der Waals surface area contributed by atoms with E-state index in [0.717, 1.165) is 50.3 Å². The summed E-state index contributed by atoms with van der Waals surface area (Å²) in [7, 11) is 0. The van der Waals surface area contributed by atoms with Crippen LogP contribution in [0.5, 0.6) is 11.5 Å². The Balaban J connectivity index is 1.23. The van der Waals surface area contributed by atoms with Crippen LogP contribution in [0.25, 0.3) is 0 Å². The molecule has 0 amide bonds. The maximum atomic E-state index is 12.3. The molecule has 2 heterocycles. The molecule has 2 fully saturated rings. The van der Waals surface area contributed by atoms with Gasteiger partial charge in [0.25, 0.3) is 0 Å². The second-order valence-electron chi connectivity index (χ2n) is 8.35. The van der Waals surface area contributed by atoms with E-state index in [4.69, 9.17) is 9.47 Å². The first-order valence-corrected chi connectivity index (χ1v) is 10.2. The normalized spacial score (nSPS) is 22.1. The van der Waals surface area contributed by atoms with Gasteiger partial charge in [-0.15, -0.1) is 13.2 Å². The maximum Gasteiger partial charge on any atom is 0.573 e. The fraction of sp³-hybridized carbons (Fsp3) is 0.478. The lowest BCUT2D eigenvalue weighted by Gasteiger charge is -2.33. The number of rotatable bonds is 7. The minimum atomic E-state index is -4.65. The molecule has 0 saturated carbocycles. The number of nitrogens with zero attached hydrogens (tertiary/aromatic N) is 1. The second-order valence-corrected chi connectivity index (χ2v) is 8.35. The molecule has 2 aliphatic heterocycles. The fourth-order valence-electron chi connectivity index (χ4n) is 3.75. The van der Waals surface area contributed by atoms with E-state index in [9.17, 15) is 13.2 Å². The van der Waals surface area contributed by atoms with E-state index < -0.39 is 6.36 Å². The predicted octanol–water partition coefficient (Wildman–Crippen LogP) is 5.21. The molecule has 0 aromatic heterocycles. The SMILES string of the molecule is C[C@]1(COc2ccc(N3CCC(Cc4ccc(OC(F)(F)F)cc4)CC3)cc2)CO1. The van der Waals surface area contributed by atoms with E-state index in [-0.39, 0.29) is 11.4 Å². The standard InChI is InChI=1S/C23H26F3NO3/c1-22(16-29-22)15-28-20-8-4-19(5-9-20)27-12-10-18(11-13-27)14-17-2-6-21(7-3-17)30-23(24,25)26/h2-9,18H,10-16H2,1H3/t22-/m0/s1. The monoisotopic (exact) mass is 421 g/mol. The van der Waals surface area contributed by atoms with E-state index in [1.807, 2.05) is 19.1 Å². The first kappa shape index (κ1) is 20.8. The molecule has 2 aliphatic rings. The Hall–Kier alpha value is -2.41. The van der Waals surface area contributed by atoms with E-state index in [2.05, 4.69) is 21.8 Å². The molecule has 7 heteroatoms. The summed E-state index contributed by atoms with van der Waals surface area (Å²) < 4.78 is 51.8. The molecule has 0 bridgehead atoms. The number of piperidine rings is 1. The molecule has 4 rings (SSSR count). The van der Waals surface area contributed by atoms with Crippen LogP contribution in [0.15, 0.2) is 48.5 Å². The Morgan fingerprint density at radius 1 is 1.00 bits per heavy atom. The quantitative estimate of drug-likeness (QED) is 0.575. The number of alkyl halides is 3. The van der Waals surface area contributed by atoms with Gasteiger partial charge in [0.15, 0.2) is 0 Å². The van der Waals surface area contributed by atoms with Gasteiger partial charge >= 0.3 is 6.36 Å². The minimum Gasteiger partial charge on any atom is -0.491 e. The van der Waals surface area contributed by atoms with Gasteiger partial charge in [0.2, 0.25) is 0 Å². The van der Waals surface area contributed by atoms with Crippen molar-refractivity contribution < 1.29 is 27.4 Å². The second kappa shape index (κ2) is 8.38. The summed E-state index contributed by atoms with van der Waals surface area (Å²) in [5.41, 5.74) is 2.10. The van der Waals surface area contributed by atoms with Crippen LogP contribution in [0.2, 0.25) is 0 Å². The summed E-state index contributed by atoms with van der Waals surface area (Å²) in [6.45, 7) is 5.29. The lowest BCUT2D eigenvalue weighted by Crippen LogP contribution is -2.34. The lowest BCUT2D eigenvalue weighted by atomic mass is 9.90. The topological polar surface area (TPSA) is 34.2 Å². The van der Waals surface area contributed by atoms with Crippen molar-refractivity contribution in [3.63, 3.8) is 0 Å². The van der Waals surface area contributed by atoms with Crippen molar-refractivity contribution in [2.24, 2.45) is 5.92 Å². The Morgan fingerprint density at radius 2 is 1.60 bits per heavy atom. The van der Waals surface area contributed by atoms with Gasteiger partial charge in [-0.2, -0.15) is 0 Å². The number of anilines is 1. The molecule has 2 aromatic carbocycles. The van der Waals surface area contributed by atoms with Crippen LogP contribution in [-0.2, 0) is 11.2 Å². The highest BCUT2D eigenvalue weighted by Crippen LogP contribution is 2.30. The lowest BCUT2D eigenvalue weighted by molar-refractivity contribution is -0.274. The largest absolute Gasteiger partial charge is 0.573 e. The van der Waals surface area contributed by atoms with E-state index >= 15 is 0 Å². The van der Waals surface area contributed by atoms with Gasteiger partial charge in [-0.3, -0.25) is 0 Å².